The SMILES string of the molecule is CC.CC.CC(=O)SC(=C/c1ccc(C)cc1)/C(C)=C\N.CCC(C)c1ccc(C)cc1. The van der Waals surface area contributed by atoms with E-state index in [0.29, 0.717) is 5.92 Å². The highest BCUT2D eigenvalue weighted by molar-refractivity contribution is 8.17. The van der Waals surface area contributed by atoms with E-state index < -0.39 is 0 Å². The normalized spacial score (nSPS) is 11.6. The number of carbonyl (C=O) groups is 1. The minimum Gasteiger partial charge on any atom is -0.404 e. The van der Waals surface area contributed by atoms with Crippen LogP contribution in [-0.4, -0.2) is 5.12 Å². The van der Waals surface area contributed by atoms with Crippen LogP contribution < -0.4 is 5.73 Å². The summed E-state index contributed by atoms with van der Waals surface area (Å²) >= 11 is 1.21. The number of thioether (sulfide) groups is 1. The van der Waals surface area contributed by atoms with E-state index in [2.05, 4.69) is 45.0 Å². The van der Waals surface area contributed by atoms with Gasteiger partial charge >= 0.3 is 0 Å². The van der Waals surface area contributed by atoms with Gasteiger partial charge in [-0.2, -0.15) is 0 Å². The number of aryl methyl sites for hydroxylation is 2. The maximum Gasteiger partial charge on any atom is 0.190 e. The quantitative estimate of drug-likeness (QED) is 0.457. The standard InChI is InChI=1S/C14H17NOS.C11H16.2C2H6/c1-10-4-6-13(7-5-10)8-14(11(2)9-15)17-12(3)16;1-4-10(3)11-7-5-9(2)6-8-11;2*1-2/h4-9H,15H2,1-3H3;5-8,10H,4H2,1-3H3;2*1-2H3/b11-9-,14-8+;;;. The number of carbonyl (C=O) groups excluding carboxylic acids is 1. The number of rotatable bonds is 5. The van der Waals surface area contributed by atoms with E-state index in [9.17, 15) is 4.79 Å². The Kier molecular flexibility index (Phi) is 19.4. The zero-order valence-electron chi connectivity index (χ0n) is 22.0. The third-order valence-corrected chi connectivity index (χ3v) is 5.47. The lowest BCUT2D eigenvalue weighted by Crippen LogP contribution is -1.91. The van der Waals surface area contributed by atoms with Gasteiger partial charge in [-0.05, 0) is 62.1 Å². The van der Waals surface area contributed by atoms with E-state index in [1.165, 1.54) is 41.1 Å². The van der Waals surface area contributed by atoms with Gasteiger partial charge in [0.15, 0.2) is 5.12 Å². The maximum absolute atomic E-state index is 11.2. The Bertz CT molecular complexity index is 802. The first-order valence-electron chi connectivity index (χ1n) is 11.7. The van der Waals surface area contributed by atoms with Crippen LogP contribution >= 0.6 is 11.8 Å². The number of benzene rings is 2. The second-order valence-electron chi connectivity index (χ2n) is 7.08. The van der Waals surface area contributed by atoms with Gasteiger partial charge in [-0.15, -0.1) is 0 Å². The molecule has 0 aliphatic carbocycles. The summed E-state index contributed by atoms with van der Waals surface area (Å²) in [5.74, 6) is 0.704. The molecule has 0 fully saturated rings. The Morgan fingerprint density at radius 3 is 1.72 bits per heavy atom. The van der Waals surface area contributed by atoms with Crippen molar-refractivity contribution in [2.45, 2.75) is 81.6 Å². The highest BCUT2D eigenvalue weighted by atomic mass is 32.2. The van der Waals surface area contributed by atoms with E-state index in [0.717, 1.165) is 16.0 Å². The monoisotopic (exact) mass is 455 g/mol. The first-order chi connectivity index (χ1) is 15.3. The molecule has 0 aromatic heterocycles. The van der Waals surface area contributed by atoms with Gasteiger partial charge in [0.1, 0.15) is 0 Å². The van der Waals surface area contributed by atoms with Crippen molar-refractivity contribution in [1.29, 1.82) is 0 Å². The van der Waals surface area contributed by atoms with Crippen molar-refractivity contribution in [3.8, 4) is 0 Å². The molecule has 32 heavy (non-hydrogen) atoms. The molecule has 2 aromatic carbocycles. The van der Waals surface area contributed by atoms with Gasteiger partial charge < -0.3 is 5.73 Å². The van der Waals surface area contributed by atoms with Crippen LogP contribution in [0.2, 0.25) is 0 Å². The number of hydrogen-bond donors (Lipinski definition) is 1. The zero-order chi connectivity index (χ0) is 25.1. The van der Waals surface area contributed by atoms with Gasteiger partial charge in [0.25, 0.3) is 0 Å². The van der Waals surface area contributed by atoms with Gasteiger partial charge in [-0.1, -0.05) is 113 Å². The minimum absolute atomic E-state index is 0.0598. The third-order valence-electron chi connectivity index (χ3n) is 4.53. The molecule has 0 aliphatic heterocycles. The van der Waals surface area contributed by atoms with Gasteiger partial charge in [0.2, 0.25) is 0 Å². The minimum atomic E-state index is 0.0598. The number of allylic oxidation sites excluding steroid dienone is 1. The first kappa shape index (κ1) is 31.9. The van der Waals surface area contributed by atoms with Crippen LogP contribution in [0.1, 0.15) is 90.0 Å². The Morgan fingerprint density at radius 1 is 0.906 bits per heavy atom. The van der Waals surface area contributed by atoms with Crippen molar-refractivity contribution in [1.82, 2.24) is 0 Å². The molecule has 0 aliphatic rings. The summed E-state index contributed by atoms with van der Waals surface area (Å²) in [5, 5.41) is 0.0598. The summed E-state index contributed by atoms with van der Waals surface area (Å²) in [6.07, 6.45) is 4.73. The van der Waals surface area contributed by atoms with Gasteiger partial charge in [0.05, 0.1) is 0 Å². The lowest BCUT2D eigenvalue weighted by Gasteiger charge is -2.07. The lowest BCUT2D eigenvalue weighted by atomic mass is 9.98. The van der Waals surface area contributed by atoms with Crippen LogP contribution in [0.3, 0.4) is 0 Å². The van der Waals surface area contributed by atoms with Crippen molar-refractivity contribution >= 4 is 23.0 Å². The maximum atomic E-state index is 11.2. The van der Waals surface area contributed by atoms with Crippen LogP contribution in [0.4, 0.5) is 0 Å². The lowest BCUT2D eigenvalue weighted by molar-refractivity contribution is -0.109. The molecule has 0 saturated carbocycles. The molecule has 0 spiro atoms. The molecule has 0 saturated heterocycles. The summed E-state index contributed by atoms with van der Waals surface area (Å²) in [4.78, 5) is 12.1. The van der Waals surface area contributed by atoms with Crippen LogP contribution in [0.25, 0.3) is 6.08 Å². The fourth-order valence-electron chi connectivity index (χ4n) is 2.41. The molecule has 0 radical (unpaired) electrons. The number of hydrogen-bond acceptors (Lipinski definition) is 3. The number of nitrogens with two attached hydrogens (primary N) is 1. The van der Waals surface area contributed by atoms with Crippen molar-refractivity contribution in [2.75, 3.05) is 0 Å². The topological polar surface area (TPSA) is 43.1 Å². The predicted octanol–water partition coefficient (Wildman–Crippen LogP) is 9.04. The Balaban J connectivity index is 0. The Hall–Kier alpha value is -2.26. The molecule has 3 heteroatoms. The summed E-state index contributed by atoms with van der Waals surface area (Å²) in [7, 11) is 0. The van der Waals surface area contributed by atoms with Crippen LogP contribution in [0.15, 0.2) is 65.2 Å². The third kappa shape index (κ3) is 13.9. The Morgan fingerprint density at radius 2 is 1.34 bits per heavy atom. The van der Waals surface area contributed by atoms with E-state index in [4.69, 9.17) is 5.73 Å². The molecule has 1 unspecified atom stereocenters. The molecule has 178 valence electrons. The van der Waals surface area contributed by atoms with E-state index in [1.807, 2.05) is 71.9 Å². The van der Waals surface area contributed by atoms with Crippen molar-refractivity contribution in [2.24, 2.45) is 5.73 Å². The highest BCUT2D eigenvalue weighted by Crippen LogP contribution is 2.26. The molecule has 1 atom stereocenters. The fraction of sp³-hybridized carbons (Fsp3) is 0.414. The smallest absolute Gasteiger partial charge is 0.190 e. The summed E-state index contributed by atoms with van der Waals surface area (Å²) in [6, 6.07) is 17.0. The molecule has 2 aromatic rings. The van der Waals surface area contributed by atoms with E-state index in [1.54, 1.807) is 6.92 Å². The highest BCUT2D eigenvalue weighted by Gasteiger charge is 2.05. The molecule has 0 heterocycles. The molecule has 2 rings (SSSR count). The van der Waals surface area contributed by atoms with Crippen molar-refractivity contribution < 1.29 is 4.79 Å². The molecular weight excluding hydrogens is 410 g/mol. The van der Waals surface area contributed by atoms with Gasteiger partial charge in [0, 0.05) is 11.8 Å². The molecule has 0 amide bonds. The average molecular weight is 456 g/mol. The largest absolute Gasteiger partial charge is 0.404 e. The van der Waals surface area contributed by atoms with Crippen LogP contribution in [0.5, 0.6) is 0 Å². The summed E-state index contributed by atoms with van der Waals surface area (Å²) in [5.41, 5.74) is 11.5. The average Bonchev–Trinajstić information content (AvgIpc) is 2.82. The second kappa shape index (κ2) is 19.4. The van der Waals surface area contributed by atoms with Crippen LogP contribution in [0, 0.1) is 13.8 Å². The molecule has 2 N–H and O–H groups in total. The van der Waals surface area contributed by atoms with E-state index in [-0.39, 0.29) is 5.12 Å². The molecular formula is C29H45NOS. The summed E-state index contributed by atoms with van der Waals surface area (Å²) < 4.78 is 0. The van der Waals surface area contributed by atoms with Crippen molar-refractivity contribution in [3.05, 3.63) is 87.5 Å². The molecule has 0 bridgehead atoms. The predicted molar refractivity (Wildman–Crippen MR) is 148 cm³/mol. The fourth-order valence-corrected chi connectivity index (χ4v) is 3.14. The summed E-state index contributed by atoms with van der Waals surface area (Å²) in [6.45, 7) is 20.1. The van der Waals surface area contributed by atoms with Crippen molar-refractivity contribution in [3.63, 3.8) is 0 Å². The second-order valence-corrected chi connectivity index (χ2v) is 8.30. The molecule has 2 nitrogen and oxygen atoms in total. The van der Waals surface area contributed by atoms with Gasteiger partial charge in [-0.3, -0.25) is 4.79 Å². The first-order valence-corrected chi connectivity index (χ1v) is 12.5. The van der Waals surface area contributed by atoms with Crippen LogP contribution in [-0.2, 0) is 4.79 Å². The Labute approximate surface area is 202 Å². The zero-order valence-corrected chi connectivity index (χ0v) is 22.8. The van der Waals surface area contributed by atoms with Gasteiger partial charge in [-0.25, -0.2) is 0 Å². The van der Waals surface area contributed by atoms with E-state index >= 15 is 0 Å².